The van der Waals surface area contributed by atoms with Gasteiger partial charge in [-0.2, -0.15) is 0 Å². The van der Waals surface area contributed by atoms with Crippen molar-refractivity contribution in [1.82, 2.24) is 9.80 Å². The average Bonchev–Trinajstić information content (AvgIpc) is 3.20. The van der Waals surface area contributed by atoms with Crippen molar-refractivity contribution in [2.45, 2.75) is 26.2 Å². The number of carbonyl (C=O) groups excluding carboxylic acids is 2. The molecular formula is C21H26N2O4. The summed E-state index contributed by atoms with van der Waals surface area (Å²) in [5.74, 6) is 0.693. The number of furan rings is 1. The smallest absolute Gasteiger partial charge is 0.289 e. The molecule has 144 valence electrons. The van der Waals surface area contributed by atoms with Gasteiger partial charge in [-0.05, 0) is 35.2 Å². The predicted octanol–water partition coefficient (Wildman–Crippen LogP) is 3.18. The zero-order valence-corrected chi connectivity index (χ0v) is 16.3. The van der Waals surface area contributed by atoms with Crippen LogP contribution in [0.1, 0.15) is 47.2 Å². The van der Waals surface area contributed by atoms with Gasteiger partial charge in [0.2, 0.25) is 0 Å². The van der Waals surface area contributed by atoms with Gasteiger partial charge >= 0.3 is 0 Å². The molecule has 0 aliphatic carbocycles. The summed E-state index contributed by atoms with van der Waals surface area (Å²) >= 11 is 0. The van der Waals surface area contributed by atoms with E-state index in [1.165, 1.54) is 6.26 Å². The van der Waals surface area contributed by atoms with E-state index in [4.69, 9.17) is 9.15 Å². The normalized spacial score (nSPS) is 15.0. The molecule has 2 aromatic rings. The van der Waals surface area contributed by atoms with Crippen LogP contribution in [0.4, 0.5) is 0 Å². The molecule has 0 radical (unpaired) electrons. The molecule has 1 saturated heterocycles. The van der Waals surface area contributed by atoms with Gasteiger partial charge in [0.05, 0.1) is 18.9 Å². The number of hydrogen-bond acceptors (Lipinski definition) is 4. The van der Waals surface area contributed by atoms with E-state index in [0.29, 0.717) is 43.3 Å². The second-order valence-electron chi connectivity index (χ2n) is 7.73. The zero-order chi connectivity index (χ0) is 19.6. The van der Waals surface area contributed by atoms with Gasteiger partial charge in [0.1, 0.15) is 5.75 Å². The van der Waals surface area contributed by atoms with Crippen LogP contribution in [0.2, 0.25) is 0 Å². The number of benzene rings is 1. The van der Waals surface area contributed by atoms with Crippen molar-refractivity contribution in [2.75, 3.05) is 33.3 Å². The maximum atomic E-state index is 13.1. The Hall–Kier alpha value is -2.76. The molecule has 1 aromatic heterocycles. The van der Waals surface area contributed by atoms with Crippen LogP contribution in [0.15, 0.2) is 41.0 Å². The van der Waals surface area contributed by atoms with Crippen LogP contribution in [-0.4, -0.2) is 54.9 Å². The minimum absolute atomic E-state index is 0.0601. The van der Waals surface area contributed by atoms with E-state index in [1.54, 1.807) is 29.0 Å². The lowest BCUT2D eigenvalue weighted by Gasteiger charge is -2.34. The first kappa shape index (κ1) is 19.0. The molecule has 1 aliphatic rings. The van der Waals surface area contributed by atoms with Crippen LogP contribution in [0.5, 0.6) is 5.75 Å². The Labute approximate surface area is 159 Å². The summed E-state index contributed by atoms with van der Waals surface area (Å²) in [6.07, 6.45) is 1.49. The van der Waals surface area contributed by atoms with E-state index < -0.39 is 0 Å². The zero-order valence-electron chi connectivity index (χ0n) is 16.3. The number of amides is 2. The Kier molecular flexibility index (Phi) is 5.26. The topological polar surface area (TPSA) is 63.0 Å². The fraction of sp³-hybridized carbons (Fsp3) is 0.429. The van der Waals surface area contributed by atoms with Gasteiger partial charge in [-0.25, -0.2) is 0 Å². The SMILES string of the molecule is COc1ccc(C(C)(C)C)cc1C(=O)N1CCN(C(=O)c2ccco2)CC1. The van der Waals surface area contributed by atoms with Gasteiger partial charge in [0.25, 0.3) is 11.8 Å². The lowest BCUT2D eigenvalue weighted by atomic mass is 9.86. The molecule has 2 heterocycles. The fourth-order valence-electron chi connectivity index (χ4n) is 3.18. The number of carbonyl (C=O) groups is 2. The van der Waals surface area contributed by atoms with E-state index in [9.17, 15) is 9.59 Å². The van der Waals surface area contributed by atoms with E-state index in [1.807, 2.05) is 18.2 Å². The Morgan fingerprint density at radius 3 is 2.15 bits per heavy atom. The quantitative estimate of drug-likeness (QED) is 0.832. The summed E-state index contributed by atoms with van der Waals surface area (Å²) in [5, 5.41) is 0. The van der Waals surface area contributed by atoms with Crippen LogP contribution in [0, 0.1) is 0 Å². The molecule has 1 aromatic carbocycles. The summed E-state index contributed by atoms with van der Waals surface area (Å²) < 4.78 is 10.6. The lowest BCUT2D eigenvalue weighted by molar-refractivity contribution is 0.0516. The third-order valence-corrected chi connectivity index (χ3v) is 4.88. The molecule has 1 fully saturated rings. The first-order chi connectivity index (χ1) is 12.8. The highest BCUT2D eigenvalue weighted by molar-refractivity contribution is 5.97. The van der Waals surface area contributed by atoms with Gasteiger partial charge in [-0.1, -0.05) is 26.8 Å². The van der Waals surface area contributed by atoms with Crippen molar-refractivity contribution in [3.63, 3.8) is 0 Å². The summed E-state index contributed by atoms with van der Waals surface area (Å²) in [5.41, 5.74) is 1.59. The Bertz CT molecular complexity index is 813. The first-order valence-corrected chi connectivity index (χ1v) is 9.12. The number of rotatable bonds is 3. The average molecular weight is 370 g/mol. The summed E-state index contributed by atoms with van der Waals surface area (Å²) in [6, 6.07) is 9.12. The van der Waals surface area contributed by atoms with Gasteiger partial charge < -0.3 is 19.0 Å². The number of ether oxygens (including phenoxy) is 1. The molecular weight excluding hydrogens is 344 g/mol. The molecule has 0 unspecified atom stereocenters. The first-order valence-electron chi connectivity index (χ1n) is 9.12. The van der Waals surface area contributed by atoms with Gasteiger partial charge in [0, 0.05) is 26.2 Å². The summed E-state index contributed by atoms with van der Waals surface area (Å²) in [6.45, 7) is 8.26. The van der Waals surface area contributed by atoms with Crippen LogP contribution in [0.25, 0.3) is 0 Å². The molecule has 1 aliphatic heterocycles. The van der Waals surface area contributed by atoms with Crippen molar-refractivity contribution in [3.8, 4) is 5.75 Å². The van der Waals surface area contributed by atoms with E-state index >= 15 is 0 Å². The molecule has 6 nitrogen and oxygen atoms in total. The van der Waals surface area contributed by atoms with Gasteiger partial charge in [-0.3, -0.25) is 9.59 Å². The molecule has 6 heteroatoms. The van der Waals surface area contributed by atoms with Gasteiger partial charge in [0.15, 0.2) is 5.76 Å². The Balaban J connectivity index is 1.73. The Morgan fingerprint density at radius 2 is 1.63 bits per heavy atom. The summed E-state index contributed by atoms with van der Waals surface area (Å²) in [4.78, 5) is 28.9. The number of nitrogens with zero attached hydrogens (tertiary/aromatic N) is 2. The fourth-order valence-corrected chi connectivity index (χ4v) is 3.18. The largest absolute Gasteiger partial charge is 0.496 e. The third-order valence-electron chi connectivity index (χ3n) is 4.88. The second-order valence-corrected chi connectivity index (χ2v) is 7.73. The van der Waals surface area contributed by atoms with Crippen LogP contribution in [0.3, 0.4) is 0 Å². The van der Waals surface area contributed by atoms with Crippen LogP contribution < -0.4 is 4.74 Å². The highest BCUT2D eigenvalue weighted by Crippen LogP contribution is 2.29. The van der Waals surface area contributed by atoms with Crippen molar-refractivity contribution in [2.24, 2.45) is 0 Å². The predicted molar refractivity (Wildman–Crippen MR) is 102 cm³/mol. The molecule has 0 saturated carbocycles. The molecule has 27 heavy (non-hydrogen) atoms. The minimum Gasteiger partial charge on any atom is -0.496 e. The molecule has 2 amide bonds. The third kappa shape index (κ3) is 3.99. The highest BCUT2D eigenvalue weighted by Gasteiger charge is 2.28. The van der Waals surface area contributed by atoms with Crippen molar-refractivity contribution < 1.29 is 18.7 Å². The molecule has 0 spiro atoms. The van der Waals surface area contributed by atoms with Crippen molar-refractivity contribution in [1.29, 1.82) is 0 Å². The molecule has 0 atom stereocenters. The van der Waals surface area contributed by atoms with E-state index in [-0.39, 0.29) is 17.2 Å². The number of piperazine rings is 1. The Morgan fingerprint density at radius 1 is 1.00 bits per heavy atom. The minimum atomic E-state index is -0.139. The lowest BCUT2D eigenvalue weighted by Crippen LogP contribution is -2.50. The molecule has 3 rings (SSSR count). The maximum absolute atomic E-state index is 13.1. The monoisotopic (exact) mass is 370 g/mol. The van der Waals surface area contributed by atoms with Gasteiger partial charge in [-0.15, -0.1) is 0 Å². The standard InChI is InChI=1S/C21H26N2O4/c1-21(2,3)15-7-8-17(26-4)16(14-15)19(24)22-9-11-23(12-10-22)20(25)18-6-5-13-27-18/h5-8,13-14H,9-12H2,1-4H3. The molecule has 0 bridgehead atoms. The van der Waals surface area contributed by atoms with Crippen molar-refractivity contribution >= 4 is 11.8 Å². The van der Waals surface area contributed by atoms with E-state index in [2.05, 4.69) is 20.8 Å². The van der Waals surface area contributed by atoms with Crippen LogP contribution >= 0.6 is 0 Å². The van der Waals surface area contributed by atoms with Crippen LogP contribution in [-0.2, 0) is 5.41 Å². The van der Waals surface area contributed by atoms with Crippen molar-refractivity contribution in [3.05, 3.63) is 53.5 Å². The number of hydrogen-bond donors (Lipinski definition) is 0. The highest BCUT2D eigenvalue weighted by atomic mass is 16.5. The second kappa shape index (κ2) is 7.47. The maximum Gasteiger partial charge on any atom is 0.289 e. The molecule has 0 N–H and O–H groups in total. The van der Waals surface area contributed by atoms with E-state index in [0.717, 1.165) is 5.56 Å². The summed E-state index contributed by atoms with van der Waals surface area (Å²) in [7, 11) is 1.57. The number of methoxy groups -OCH3 is 1.